The van der Waals surface area contributed by atoms with Crippen LogP contribution in [0.2, 0.25) is 0 Å². The molecule has 0 aliphatic rings. The van der Waals surface area contributed by atoms with Gasteiger partial charge in [0, 0.05) is 12.4 Å². The van der Waals surface area contributed by atoms with Crippen molar-refractivity contribution in [3.8, 4) is 5.75 Å². The van der Waals surface area contributed by atoms with Crippen molar-refractivity contribution in [3.63, 3.8) is 0 Å². The van der Waals surface area contributed by atoms with E-state index in [-0.39, 0.29) is 18.2 Å². The van der Waals surface area contributed by atoms with Crippen molar-refractivity contribution >= 4 is 11.9 Å². The van der Waals surface area contributed by atoms with E-state index < -0.39 is 23.9 Å². The first-order chi connectivity index (χ1) is 11.0. The highest BCUT2D eigenvalue weighted by Crippen LogP contribution is 2.13. The third kappa shape index (κ3) is 4.53. The second-order valence-corrected chi connectivity index (χ2v) is 4.81. The molecule has 0 spiro atoms. The third-order valence-corrected chi connectivity index (χ3v) is 3.13. The Labute approximate surface area is 131 Å². The van der Waals surface area contributed by atoms with Crippen molar-refractivity contribution in [1.82, 2.24) is 15.1 Å². The third-order valence-electron chi connectivity index (χ3n) is 3.13. The van der Waals surface area contributed by atoms with Crippen molar-refractivity contribution in [2.24, 2.45) is 0 Å². The summed E-state index contributed by atoms with van der Waals surface area (Å²) in [4.78, 5) is 23.2. The zero-order chi connectivity index (χ0) is 16.8. The van der Waals surface area contributed by atoms with Gasteiger partial charge >= 0.3 is 5.97 Å². The molecule has 2 atom stereocenters. The lowest BCUT2D eigenvalue weighted by molar-refractivity contribution is -0.145. The Morgan fingerprint density at radius 1 is 1.39 bits per heavy atom. The Morgan fingerprint density at radius 2 is 2.09 bits per heavy atom. The van der Waals surface area contributed by atoms with E-state index in [1.54, 1.807) is 25.4 Å². The highest BCUT2D eigenvalue weighted by molar-refractivity contribution is 5.81. The van der Waals surface area contributed by atoms with Gasteiger partial charge in [-0.25, -0.2) is 9.18 Å². The van der Waals surface area contributed by atoms with Gasteiger partial charge in [-0.3, -0.25) is 9.48 Å². The maximum atomic E-state index is 12.8. The molecule has 0 saturated heterocycles. The number of aliphatic carboxylic acids is 1. The molecule has 0 bridgehead atoms. The number of ether oxygens (including phenoxy) is 1. The standard InChI is InChI=1S/C15H16FN3O4/c1-10(19-8-2-7-18-19)14(20)17-9-13(15(21)22)23-12-5-3-11(16)4-6-12/h2-8,10,13H,9H2,1H3,(H,17,20)(H,21,22). The molecule has 122 valence electrons. The Hall–Kier alpha value is -2.90. The van der Waals surface area contributed by atoms with E-state index in [9.17, 15) is 14.0 Å². The second kappa shape index (κ2) is 7.39. The summed E-state index contributed by atoms with van der Waals surface area (Å²) in [6.45, 7) is 1.41. The van der Waals surface area contributed by atoms with Gasteiger partial charge in [0.2, 0.25) is 12.0 Å². The van der Waals surface area contributed by atoms with Crippen molar-refractivity contribution in [2.45, 2.75) is 19.1 Å². The molecule has 8 heteroatoms. The van der Waals surface area contributed by atoms with E-state index >= 15 is 0 Å². The van der Waals surface area contributed by atoms with Gasteiger partial charge in [-0.2, -0.15) is 5.10 Å². The smallest absolute Gasteiger partial charge is 0.346 e. The van der Waals surface area contributed by atoms with Crippen LogP contribution in [0.5, 0.6) is 5.75 Å². The number of amides is 1. The van der Waals surface area contributed by atoms with E-state index in [2.05, 4.69) is 10.4 Å². The number of carbonyl (C=O) groups is 2. The van der Waals surface area contributed by atoms with Crippen LogP contribution in [0.25, 0.3) is 0 Å². The molecule has 2 N–H and O–H groups in total. The van der Waals surface area contributed by atoms with Crippen molar-refractivity contribution in [2.75, 3.05) is 6.54 Å². The van der Waals surface area contributed by atoms with Gasteiger partial charge in [0.15, 0.2) is 0 Å². The second-order valence-electron chi connectivity index (χ2n) is 4.81. The number of carboxylic acids is 1. The minimum Gasteiger partial charge on any atom is -0.478 e. The molecule has 0 saturated carbocycles. The first kappa shape index (κ1) is 16.5. The number of aromatic nitrogens is 2. The highest BCUT2D eigenvalue weighted by atomic mass is 19.1. The zero-order valence-corrected chi connectivity index (χ0v) is 12.3. The lowest BCUT2D eigenvalue weighted by atomic mass is 10.3. The van der Waals surface area contributed by atoms with Gasteiger partial charge in [-0.1, -0.05) is 0 Å². The molecule has 2 rings (SSSR count). The summed E-state index contributed by atoms with van der Waals surface area (Å²) < 4.78 is 19.5. The highest BCUT2D eigenvalue weighted by Gasteiger charge is 2.22. The van der Waals surface area contributed by atoms with Gasteiger partial charge in [-0.15, -0.1) is 0 Å². The number of carbonyl (C=O) groups excluding carboxylic acids is 1. The summed E-state index contributed by atoms with van der Waals surface area (Å²) in [5.41, 5.74) is 0. The number of hydrogen-bond acceptors (Lipinski definition) is 4. The van der Waals surface area contributed by atoms with Gasteiger partial charge in [0.05, 0.1) is 6.54 Å². The first-order valence-corrected chi connectivity index (χ1v) is 6.89. The molecular weight excluding hydrogens is 305 g/mol. The van der Waals surface area contributed by atoms with Gasteiger partial charge in [0.25, 0.3) is 0 Å². The topological polar surface area (TPSA) is 93.5 Å². The molecular formula is C15H16FN3O4. The summed E-state index contributed by atoms with van der Waals surface area (Å²) >= 11 is 0. The van der Waals surface area contributed by atoms with E-state index in [1.165, 1.54) is 16.8 Å². The summed E-state index contributed by atoms with van der Waals surface area (Å²) in [7, 11) is 0. The molecule has 0 aliphatic heterocycles. The molecule has 23 heavy (non-hydrogen) atoms. The number of carboxylic acid groups (broad SMARTS) is 1. The summed E-state index contributed by atoms with van der Waals surface area (Å²) in [6.07, 6.45) is 1.89. The molecule has 1 aromatic carbocycles. The fourth-order valence-corrected chi connectivity index (χ4v) is 1.83. The van der Waals surface area contributed by atoms with Crippen LogP contribution in [0.1, 0.15) is 13.0 Å². The van der Waals surface area contributed by atoms with Crippen LogP contribution >= 0.6 is 0 Å². The maximum Gasteiger partial charge on any atom is 0.346 e. The fourth-order valence-electron chi connectivity index (χ4n) is 1.83. The number of benzene rings is 1. The Kier molecular flexibility index (Phi) is 5.29. The van der Waals surface area contributed by atoms with Crippen LogP contribution in [0.3, 0.4) is 0 Å². The Bertz CT molecular complexity index is 658. The summed E-state index contributed by atoms with van der Waals surface area (Å²) in [5.74, 6) is -1.87. The van der Waals surface area contributed by atoms with Crippen molar-refractivity contribution in [1.29, 1.82) is 0 Å². The number of halogens is 1. The average molecular weight is 321 g/mol. The minimum absolute atomic E-state index is 0.202. The summed E-state index contributed by atoms with van der Waals surface area (Å²) in [5, 5.41) is 15.6. The van der Waals surface area contributed by atoms with Gasteiger partial charge < -0.3 is 15.2 Å². The molecule has 1 heterocycles. The molecule has 0 radical (unpaired) electrons. The number of nitrogens with one attached hydrogen (secondary N) is 1. The number of nitrogens with zero attached hydrogens (tertiary/aromatic N) is 2. The van der Waals surface area contributed by atoms with E-state index in [0.717, 1.165) is 12.1 Å². The van der Waals surface area contributed by atoms with Crippen molar-refractivity contribution in [3.05, 3.63) is 48.5 Å². The quantitative estimate of drug-likeness (QED) is 0.800. The minimum atomic E-state index is -1.28. The SMILES string of the molecule is CC(C(=O)NCC(Oc1ccc(F)cc1)C(=O)O)n1cccn1. The molecule has 2 unspecified atom stereocenters. The normalized spacial score (nSPS) is 13.1. The van der Waals surface area contributed by atoms with E-state index in [4.69, 9.17) is 9.84 Å². The van der Waals surface area contributed by atoms with Crippen molar-refractivity contribution < 1.29 is 23.8 Å². The Balaban J connectivity index is 1.93. The monoisotopic (exact) mass is 321 g/mol. The number of hydrogen-bond donors (Lipinski definition) is 2. The Morgan fingerprint density at radius 3 is 2.65 bits per heavy atom. The number of rotatable bonds is 7. The van der Waals surface area contributed by atoms with Crippen LogP contribution < -0.4 is 10.1 Å². The van der Waals surface area contributed by atoms with Crippen LogP contribution in [-0.2, 0) is 9.59 Å². The van der Waals surface area contributed by atoms with Crippen LogP contribution in [0, 0.1) is 5.82 Å². The predicted molar refractivity (Wildman–Crippen MR) is 78.4 cm³/mol. The predicted octanol–water partition coefficient (Wildman–Crippen LogP) is 1.23. The van der Waals surface area contributed by atoms with Gasteiger partial charge in [0.1, 0.15) is 17.6 Å². The van der Waals surface area contributed by atoms with Crippen LogP contribution in [-0.4, -0.2) is 39.4 Å². The molecule has 0 aliphatic carbocycles. The molecule has 1 aromatic heterocycles. The van der Waals surface area contributed by atoms with Crippen LogP contribution in [0.4, 0.5) is 4.39 Å². The van der Waals surface area contributed by atoms with E-state index in [0.29, 0.717) is 0 Å². The zero-order valence-electron chi connectivity index (χ0n) is 12.3. The fraction of sp³-hybridized carbons (Fsp3) is 0.267. The molecule has 1 amide bonds. The van der Waals surface area contributed by atoms with Gasteiger partial charge in [-0.05, 0) is 37.3 Å². The largest absolute Gasteiger partial charge is 0.478 e. The summed E-state index contributed by atoms with van der Waals surface area (Å²) in [6, 6.07) is 6.06. The average Bonchev–Trinajstić information content (AvgIpc) is 3.06. The lowest BCUT2D eigenvalue weighted by Gasteiger charge is -2.18. The molecule has 7 nitrogen and oxygen atoms in total. The lowest BCUT2D eigenvalue weighted by Crippen LogP contribution is -2.42. The molecule has 0 fully saturated rings. The molecule has 2 aromatic rings. The van der Waals surface area contributed by atoms with Crippen LogP contribution in [0.15, 0.2) is 42.7 Å². The first-order valence-electron chi connectivity index (χ1n) is 6.89. The van der Waals surface area contributed by atoms with E-state index in [1.807, 2.05) is 0 Å². The maximum absolute atomic E-state index is 12.8.